The third kappa shape index (κ3) is 3.15. The number of hydrogen-bond donors (Lipinski definition) is 3. The van der Waals surface area contributed by atoms with Crippen molar-refractivity contribution in [2.45, 2.75) is 31.4 Å². The Morgan fingerprint density at radius 1 is 1.50 bits per heavy atom. The topological polar surface area (TPSA) is 52.5 Å². The lowest BCUT2D eigenvalue weighted by Crippen LogP contribution is -2.28. The first-order chi connectivity index (χ1) is 4.83. The highest BCUT2D eigenvalue weighted by atomic mass is 16.3. The van der Waals surface area contributed by atoms with Crippen LogP contribution < -0.4 is 5.32 Å². The Hall–Kier alpha value is -0.120. The number of rotatable bonds is 5. The largest absolute Gasteiger partial charge is 0.396 e. The molecular weight excluding hydrogens is 130 g/mol. The molecule has 1 fully saturated rings. The minimum Gasteiger partial charge on any atom is -0.396 e. The summed E-state index contributed by atoms with van der Waals surface area (Å²) in [5.41, 5.74) is 0. The summed E-state index contributed by atoms with van der Waals surface area (Å²) in [6.07, 6.45) is 2.60. The smallest absolute Gasteiger partial charge is 0.0686 e. The fourth-order valence-corrected chi connectivity index (χ4v) is 0.841. The predicted octanol–water partition coefficient (Wildman–Crippen LogP) is -0.518. The molecule has 1 unspecified atom stereocenters. The van der Waals surface area contributed by atoms with Gasteiger partial charge < -0.3 is 15.5 Å². The van der Waals surface area contributed by atoms with Crippen LogP contribution in [-0.2, 0) is 0 Å². The maximum Gasteiger partial charge on any atom is 0.0686 e. The van der Waals surface area contributed by atoms with Gasteiger partial charge in [0.25, 0.3) is 0 Å². The minimum absolute atomic E-state index is 0.0769. The van der Waals surface area contributed by atoms with Crippen LogP contribution in [0.15, 0.2) is 0 Å². The summed E-state index contributed by atoms with van der Waals surface area (Å²) >= 11 is 0. The van der Waals surface area contributed by atoms with E-state index in [4.69, 9.17) is 10.2 Å². The van der Waals surface area contributed by atoms with Crippen molar-refractivity contribution in [1.82, 2.24) is 5.32 Å². The first-order valence-corrected chi connectivity index (χ1v) is 3.85. The number of aliphatic hydroxyl groups excluding tert-OH is 2. The van der Waals surface area contributed by atoms with Gasteiger partial charge in [-0.05, 0) is 19.3 Å². The second-order valence-electron chi connectivity index (χ2n) is 2.85. The minimum atomic E-state index is -0.370. The summed E-state index contributed by atoms with van der Waals surface area (Å²) in [5.74, 6) is 0. The molecule has 0 bridgehead atoms. The standard InChI is InChI=1S/C7H15NO2/c9-4-3-7(10)5-8-6-1-2-6/h6-10H,1-5H2. The molecule has 0 saturated heterocycles. The second-order valence-corrected chi connectivity index (χ2v) is 2.85. The third-order valence-corrected chi connectivity index (χ3v) is 1.68. The molecule has 0 aliphatic heterocycles. The molecule has 0 heterocycles. The lowest BCUT2D eigenvalue weighted by atomic mass is 10.2. The van der Waals surface area contributed by atoms with Crippen LogP contribution in [0, 0.1) is 0 Å². The monoisotopic (exact) mass is 145 g/mol. The van der Waals surface area contributed by atoms with E-state index in [1.165, 1.54) is 12.8 Å². The Balaban J connectivity index is 1.89. The number of aliphatic hydroxyl groups is 2. The van der Waals surface area contributed by atoms with Gasteiger partial charge in [0, 0.05) is 19.2 Å². The average Bonchev–Trinajstić information content (AvgIpc) is 2.67. The molecule has 0 radical (unpaired) electrons. The Morgan fingerprint density at radius 3 is 2.70 bits per heavy atom. The molecule has 3 nitrogen and oxygen atoms in total. The predicted molar refractivity (Wildman–Crippen MR) is 38.7 cm³/mol. The van der Waals surface area contributed by atoms with Crippen LogP contribution in [-0.4, -0.2) is 35.5 Å². The van der Waals surface area contributed by atoms with Crippen LogP contribution in [0.25, 0.3) is 0 Å². The molecule has 1 rings (SSSR count). The van der Waals surface area contributed by atoms with E-state index in [2.05, 4.69) is 5.32 Å². The van der Waals surface area contributed by atoms with Crippen molar-refractivity contribution in [3.63, 3.8) is 0 Å². The van der Waals surface area contributed by atoms with Crippen LogP contribution >= 0.6 is 0 Å². The van der Waals surface area contributed by atoms with Crippen LogP contribution in [0.5, 0.6) is 0 Å². The fraction of sp³-hybridized carbons (Fsp3) is 1.00. The molecule has 3 heteroatoms. The molecule has 1 aliphatic rings. The summed E-state index contributed by atoms with van der Waals surface area (Å²) in [6, 6.07) is 0.647. The summed E-state index contributed by atoms with van der Waals surface area (Å²) in [5, 5.41) is 20.7. The first kappa shape index (κ1) is 7.98. The quantitative estimate of drug-likeness (QED) is 0.488. The van der Waals surface area contributed by atoms with E-state index in [9.17, 15) is 0 Å². The fourth-order valence-electron chi connectivity index (χ4n) is 0.841. The summed E-state index contributed by atoms with van der Waals surface area (Å²) in [7, 11) is 0. The zero-order valence-electron chi connectivity index (χ0n) is 6.08. The molecule has 0 spiro atoms. The lowest BCUT2D eigenvalue weighted by molar-refractivity contribution is 0.131. The van der Waals surface area contributed by atoms with Crippen molar-refractivity contribution in [1.29, 1.82) is 0 Å². The molecule has 1 saturated carbocycles. The zero-order chi connectivity index (χ0) is 7.40. The Morgan fingerprint density at radius 2 is 2.20 bits per heavy atom. The van der Waals surface area contributed by atoms with Crippen molar-refractivity contribution in [3.8, 4) is 0 Å². The summed E-state index contributed by atoms with van der Waals surface area (Å²) in [6.45, 7) is 0.707. The maximum absolute atomic E-state index is 9.10. The van der Waals surface area contributed by atoms with Crippen molar-refractivity contribution in [2.24, 2.45) is 0 Å². The molecule has 0 aromatic carbocycles. The molecule has 1 aliphatic carbocycles. The van der Waals surface area contributed by atoms with Gasteiger partial charge in [0.15, 0.2) is 0 Å². The Bertz CT molecular complexity index is 93.6. The summed E-state index contributed by atoms with van der Waals surface area (Å²) < 4.78 is 0. The van der Waals surface area contributed by atoms with E-state index in [1.807, 2.05) is 0 Å². The van der Waals surface area contributed by atoms with Crippen molar-refractivity contribution in [3.05, 3.63) is 0 Å². The van der Waals surface area contributed by atoms with Crippen LogP contribution in [0.3, 0.4) is 0 Å². The van der Waals surface area contributed by atoms with Gasteiger partial charge in [0.1, 0.15) is 0 Å². The SMILES string of the molecule is OCCC(O)CNC1CC1. The van der Waals surface area contributed by atoms with E-state index in [0.29, 0.717) is 19.0 Å². The van der Waals surface area contributed by atoms with Crippen molar-refractivity contribution in [2.75, 3.05) is 13.2 Å². The third-order valence-electron chi connectivity index (χ3n) is 1.68. The molecule has 60 valence electrons. The average molecular weight is 145 g/mol. The van der Waals surface area contributed by atoms with Gasteiger partial charge in [-0.25, -0.2) is 0 Å². The molecule has 3 N–H and O–H groups in total. The van der Waals surface area contributed by atoms with Gasteiger partial charge in [0.2, 0.25) is 0 Å². The molecular formula is C7H15NO2. The molecule has 0 aromatic heterocycles. The van der Waals surface area contributed by atoms with E-state index in [-0.39, 0.29) is 12.7 Å². The second kappa shape index (κ2) is 3.91. The van der Waals surface area contributed by atoms with Crippen LogP contribution in [0.4, 0.5) is 0 Å². The van der Waals surface area contributed by atoms with Gasteiger partial charge in [-0.3, -0.25) is 0 Å². The Labute approximate surface area is 61.1 Å². The van der Waals surface area contributed by atoms with Crippen molar-refractivity contribution < 1.29 is 10.2 Å². The lowest BCUT2D eigenvalue weighted by Gasteiger charge is -2.08. The highest BCUT2D eigenvalue weighted by Crippen LogP contribution is 2.18. The first-order valence-electron chi connectivity index (χ1n) is 3.85. The van der Waals surface area contributed by atoms with E-state index >= 15 is 0 Å². The van der Waals surface area contributed by atoms with Crippen LogP contribution in [0.1, 0.15) is 19.3 Å². The molecule has 0 amide bonds. The number of hydrogen-bond acceptors (Lipinski definition) is 3. The van der Waals surface area contributed by atoms with Crippen molar-refractivity contribution >= 4 is 0 Å². The van der Waals surface area contributed by atoms with E-state index in [0.717, 1.165) is 0 Å². The number of nitrogens with one attached hydrogen (secondary N) is 1. The van der Waals surface area contributed by atoms with Gasteiger partial charge in [-0.2, -0.15) is 0 Å². The molecule has 1 atom stereocenters. The molecule has 10 heavy (non-hydrogen) atoms. The van der Waals surface area contributed by atoms with E-state index in [1.54, 1.807) is 0 Å². The van der Waals surface area contributed by atoms with Gasteiger partial charge in [0.05, 0.1) is 6.10 Å². The van der Waals surface area contributed by atoms with Gasteiger partial charge >= 0.3 is 0 Å². The normalized spacial score (nSPS) is 21.0. The van der Waals surface area contributed by atoms with E-state index < -0.39 is 0 Å². The van der Waals surface area contributed by atoms with Gasteiger partial charge in [-0.15, -0.1) is 0 Å². The highest BCUT2D eigenvalue weighted by Gasteiger charge is 2.20. The zero-order valence-corrected chi connectivity index (χ0v) is 6.08. The van der Waals surface area contributed by atoms with Gasteiger partial charge in [-0.1, -0.05) is 0 Å². The van der Waals surface area contributed by atoms with Crippen LogP contribution in [0.2, 0.25) is 0 Å². The maximum atomic E-state index is 9.10. The highest BCUT2D eigenvalue weighted by molar-refractivity contribution is 4.81. The molecule has 0 aromatic rings. The summed E-state index contributed by atoms with van der Waals surface area (Å²) in [4.78, 5) is 0. The Kier molecular flexibility index (Phi) is 3.12.